The largest absolute Gasteiger partial charge is 0.378 e. The number of hydrogen-bond donors (Lipinski definition) is 3. The Morgan fingerprint density at radius 1 is 1.36 bits per heavy atom. The van der Waals surface area contributed by atoms with E-state index in [1.807, 2.05) is 37.2 Å². The van der Waals surface area contributed by atoms with Crippen LogP contribution in [-0.2, 0) is 4.74 Å². The van der Waals surface area contributed by atoms with Crippen molar-refractivity contribution in [1.29, 1.82) is 0 Å². The fourth-order valence-corrected chi connectivity index (χ4v) is 3.20. The lowest BCUT2D eigenvalue weighted by Crippen LogP contribution is -2.60. The van der Waals surface area contributed by atoms with E-state index < -0.39 is 18.7 Å². The van der Waals surface area contributed by atoms with Crippen LogP contribution in [0.2, 0.25) is 0 Å². The van der Waals surface area contributed by atoms with E-state index in [0.717, 1.165) is 11.4 Å². The number of nitrogens with one attached hydrogen (secondary N) is 1. The molecule has 3 unspecified atom stereocenters. The molecular weight excluding hydrogens is 322 g/mol. The molecule has 0 saturated carbocycles. The first kappa shape index (κ1) is 18.1. The van der Waals surface area contributed by atoms with Gasteiger partial charge in [-0.25, -0.2) is 14.9 Å². The molecule has 8 nitrogen and oxygen atoms in total. The molecule has 3 atom stereocenters. The molecule has 1 saturated heterocycles. The van der Waals surface area contributed by atoms with Gasteiger partial charge in [0.25, 0.3) is 0 Å². The summed E-state index contributed by atoms with van der Waals surface area (Å²) >= 11 is 0. The summed E-state index contributed by atoms with van der Waals surface area (Å²) in [4.78, 5) is 5.95. The molecule has 25 heavy (non-hydrogen) atoms. The number of allylic oxidation sites excluding steroid dienone is 2. The number of aliphatic imine (C=N–C) groups is 1. The standard InChI is InChI=1S/C17H27N5O3/c1-3-15(23)22(16(24)4-2)17-11-20(8-9-25-17)21-12-18-10-13-14(21)6-5-7-19-13/h5-7,10,12,15-17,19,23-24H,3-4,8-9,11H2,1-2H3. The van der Waals surface area contributed by atoms with Crippen LogP contribution in [-0.4, -0.2) is 69.8 Å². The number of hydrogen-bond acceptors (Lipinski definition) is 8. The average molecular weight is 349 g/mol. The zero-order valence-corrected chi connectivity index (χ0v) is 14.7. The van der Waals surface area contributed by atoms with Gasteiger partial charge in [0.2, 0.25) is 0 Å². The van der Waals surface area contributed by atoms with Gasteiger partial charge in [0.05, 0.1) is 30.7 Å². The predicted molar refractivity (Wildman–Crippen MR) is 94.5 cm³/mol. The van der Waals surface area contributed by atoms with Crippen molar-refractivity contribution in [3.8, 4) is 0 Å². The van der Waals surface area contributed by atoms with Crippen LogP contribution in [0.1, 0.15) is 26.7 Å². The SMILES string of the molecule is CCC(O)N(C(O)CC)C1CN(N2C=NC=C3NC=CC=C32)CCO1. The normalized spacial score (nSPS) is 26.0. The summed E-state index contributed by atoms with van der Waals surface area (Å²) in [5.74, 6) is 0. The molecule has 0 amide bonds. The second-order valence-electron chi connectivity index (χ2n) is 6.17. The van der Waals surface area contributed by atoms with Crippen molar-refractivity contribution in [2.45, 2.75) is 45.4 Å². The molecule has 3 heterocycles. The van der Waals surface area contributed by atoms with Gasteiger partial charge in [-0.2, -0.15) is 0 Å². The topological polar surface area (TPSA) is 83.8 Å². The van der Waals surface area contributed by atoms with E-state index in [4.69, 9.17) is 4.74 Å². The molecular formula is C17H27N5O3. The Hall–Kier alpha value is -1.71. The lowest BCUT2D eigenvalue weighted by Gasteiger charge is -2.46. The summed E-state index contributed by atoms with van der Waals surface area (Å²) in [5, 5.41) is 28.0. The van der Waals surface area contributed by atoms with Crippen molar-refractivity contribution in [3.05, 3.63) is 35.9 Å². The monoisotopic (exact) mass is 349 g/mol. The predicted octanol–water partition coefficient (Wildman–Crippen LogP) is 0.505. The van der Waals surface area contributed by atoms with Gasteiger partial charge in [0, 0.05) is 12.7 Å². The Labute approximate surface area is 148 Å². The molecule has 3 rings (SSSR count). The molecule has 138 valence electrons. The van der Waals surface area contributed by atoms with E-state index in [-0.39, 0.29) is 0 Å². The minimum atomic E-state index is -0.746. The number of fused-ring (bicyclic) bond motifs is 1. The average Bonchev–Trinajstić information content (AvgIpc) is 2.67. The number of rotatable bonds is 6. The van der Waals surface area contributed by atoms with E-state index in [9.17, 15) is 10.2 Å². The van der Waals surface area contributed by atoms with Crippen LogP contribution in [0.5, 0.6) is 0 Å². The van der Waals surface area contributed by atoms with Crippen LogP contribution >= 0.6 is 0 Å². The third-order valence-electron chi connectivity index (χ3n) is 4.57. The fourth-order valence-electron chi connectivity index (χ4n) is 3.20. The van der Waals surface area contributed by atoms with Crippen molar-refractivity contribution in [2.24, 2.45) is 4.99 Å². The van der Waals surface area contributed by atoms with Gasteiger partial charge in [-0.1, -0.05) is 13.8 Å². The smallest absolute Gasteiger partial charge is 0.129 e. The maximum atomic E-state index is 10.3. The van der Waals surface area contributed by atoms with Gasteiger partial charge in [-0.15, -0.1) is 0 Å². The van der Waals surface area contributed by atoms with Gasteiger partial charge in [0.15, 0.2) is 0 Å². The maximum absolute atomic E-state index is 10.3. The molecule has 0 bridgehead atoms. The van der Waals surface area contributed by atoms with Crippen LogP contribution < -0.4 is 5.32 Å². The number of ether oxygens (including phenoxy) is 1. The zero-order chi connectivity index (χ0) is 17.8. The van der Waals surface area contributed by atoms with E-state index in [1.54, 1.807) is 17.4 Å². The Morgan fingerprint density at radius 2 is 2.12 bits per heavy atom. The highest BCUT2D eigenvalue weighted by Crippen LogP contribution is 2.24. The highest BCUT2D eigenvalue weighted by Gasteiger charge is 2.36. The van der Waals surface area contributed by atoms with Crippen molar-refractivity contribution in [2.75, 3.05) is 19.7 Å². The number of morpholine rings is 1. The molecule has 0 aromatic heterocycles. The minimum Gasteiger partial charge on any atom is -0.378 e. The summed E-state index contributed by atoms with van der Waals surface area (Å²) in [6.45, 7) is 5.51. The molecule has 3 aliphatic rings. The van der Waals surface area contributed by atoms with Crippen LogP contribution in [0.15, 0.2) is 40.9 Å². The minimum absolute atomic E-state index is 0.394. The molecule has 0 spiro atoms. The Bertz CT molecular complexity index is 579. The number of aliphatic hydroxyl groups is 2. The third-order valence-corrected chi connectivity index (χ3v) is 4.57. The van der Waals surface area contributed by atoms with Gasteiger partial charge in [-0.3, -0.25) is 5.01 Å². The van der Waals surface area contributed by atoms with E-state index >= 15 is 0 Å². The summed E-state index contributed by atoms with van der Waals surface area (Å²) in [5.41, 5.74) is 1.95. The zero-order valence-electron chi connectivity index (χ0n) is 14.7. The van der Waals surface area contributed by atoms with Gasteiger partial charge >= 0.3 is 0 Å². The molecule has 0 aromatic rings. The lowest BCUT2D eigenvalue weighted by molar-refractivity contribution is -0.227. The van der Waals surface area contributed by atoms with Crippen molar-refractivity contribution >= 4 is 6.34 Å². The molecule has 0 aromatic carbocycles. The van der Waals surface area contributed by atoms with Crippen molar-refractivity contribution in [1.82, 2.24) is 20.2 Å². The number of hydrazine groups is 1. The summed E-state index contributed by atoms with van der Waals surface area (Å²) in [7, 11) is 0. The lowest BCUT2D eigenvalue weighted by atomic mass is 10.2. The van der Waals surface area contributed by atoms with Gasteiger partial charge < -0.3 is 20.3 Å². The summed E-state index contributed by atoms with van der Waals surface area (Å²) < 4.78 is 5.87. The van der Waals surface area contributed by atoms with E-state index in [2.05, 4.69) is 15.3 Å². The Balaban J connectivity index is 1.76. The molecule has 0 radical (unpaired) electrons. The van der Waals surface area contributed by atoms with Crippen LogP contribution in [0.4, 0.5) is 0 Å². The third kappa shape index (κ3) is 3.78. The van der Waals surface area contributed by atoms with Crippen LogP contribution in [0.3, 0.4) is 0 Å². The van der Waals surface area contributed by atoms with Gasteiger partial charge in [-0.05, 0) is 25.0 Å². The Morgan fingerprint density at radius 3 is 2.84 bits per heavy atom. The van der Waals surface area contributed by atoms with Crippen LogP contribution in [0, 0.1) is 0 Å². The molecule has 0 aliphatic carbocycles. The first-order valence-corrected chi connectivity index (χ1v) is 8.82. The number of dihydropyridines is 1. The van der Waals surface area contributed by atoms with E-state index in [0.29, 0.717) is 32.5 Å². The highest BCUT2D eigenvalue weighted by atomic mass is 16.5. The quantitative estimate of drug-likeness (QED) is 0.603. The number of nitrogens with zero attached hydrogens (tertiary/aromatic N) is 4. The van der Waals surface area contributed by atoms with Gasteiger partial charge in [0.1, 0.15) is 25.0 Å². The number of aliphatic hydroxyl groups excluding tert-OH is 2. The molecule has 3 N–H and O–H groups in total. The summed E-state index contributed by atoms with van der Waals surface area (Å²) in [6, 6.07) is 0. The highest BCUT2D eigenvalue weighted by molar-refractivity contribution is 5.64. The second kappa shape index (κ2) is 8.11. The van der Waals surface area contributed by atoms with Crippen LogP contribution in [0.25, 0.3) is 0 Å². The fraction of sp³-hybridized carbons (Fsp3) is 0.588. The molecule has 1 fully saturated rings. The Kier molecular flexibility index (Phi) is 5.87. The molecule has 8 heteroatoms. The van der Waals surface area contributed by atoms with Crippen molar-refractivity contribution < 1.29 is 14.9 Å². The summed E-state index contributed by atoms with van der Waals surface area (Å²) in [6.07, 6.45) is 8.56. The van der Waals surface area contributed by atoms with E-state index in [1.165, 1.54) is 0 Å². The first-order chi connectivity index (χ1) is 12.2. The molecule has 3 aliphatic heterocycles. The maximum Gasteiger partial charge on any atom is 0.129 e. The first-order valence-electron chi connectivity index (χ1n) is 8.82. The van der Waals surface area contributed by atoms with Crippen molar-refractivity contribution in [3.63, 3.8) is 0 Å². The second-order valence-corrected chi connectivity index (χ2v) is 6.17.